The number of nitrogens with zero attached hydrogens (tertiary/aromatic N) is 1. The van der Waals surface area contributed by atoms with Crippen LogP contribution in [0.25, 0.3) is 10.2 Å². The number of amides is 3. The van der Waals surface area contributed by atoms with Gasteiger partial charge >= 0.3 is 6.09 Å². The smallest absolute Gasteiger partial charge is 0.408 e. The molecule has 200 valence electrons. The summed E-state index contributed by atoms with van der Waals surface area (Å²) in [5, 5.41) is 8.50. The van der Waals surface area contributed by atoms with Crippen molar-refractivity contribution >= 4 is 57.0 Å². The fraction of sp³-hybridized carbons (Fsp3) is 0.370. The van der Waals surface area contributed by atoms with Crippen molar-refractivity contribution < 1.29 is 23.9 Å². The van der Waals surface area contributed by atoms with E-state index in [9.17, 15) is 19.2 Å². The fourth-order valence-corrected chi connectivity index (χ4v) is 5.63. The molecule has 3 aromatic rings. The van der Waals surface area contributed by atoms with Gasteiger partial charge in [0.15, 0.2) is 5.01 Å². The van der Waals surface area contributed by atoms with Crippen molar-refractivity contribution in [3.8, 4) is 0 Å². The zero-order chi connectivity index (χ0) is 26.9. The average Bonchev–Trinajstić information content (AvgIpc) is 3.55. The Morgan fingerprint density at radius 3 is 2.58 bits per heavy atom. The minimum Gasteiger partial charge on any atom is -0.445 e. The van der Waals surface area contributed by atoms with E-state index in [1.807, 2.05) is 60.9 Å². The van der Waals surface area contributed by atoms with Gasteiger partial charge in [0, 0.05) is 12.5 Å². The summed E-state index contributed by atoms with van der Waals surface area (Å²) >= 11 is 2.79. The quantitative estimate of drug-likeness (QED) is 0.292. The van der Waals surface area contributed by atoms with Crippen molar-refractivity contribution in [2.75, 3.05) is 18.6 Å². The summed E-state index contributed by atoms with van der Waals surface area (Å²) in [6.45, 7) is 0.601. The van der Waals surface area contributed by atoms with Gasteiger partial charge in [-0.1, -0.05) is 42.5 Å². The lowest BCUT2D eigenvalue weighted by molar-refractivity contribution is -0.125. The van der Waals surface area contributed by atoms with Gasteiger partial charge in [0.05, 0.1) is 16.3 Å². The standard InChI is InChI=1S/C27H30N4O5S2/c1-37-14-12-20(31-27(35)36-16-17-7-3-2-4-8-17)25(34)29-21(15-18-11-13-28-24(18)33)23(32)26-30-19-9-5-6-10-22(19)38-26/h2-10,18,20-21H,11-16H2,1H3,(H,28,33)(H,29,34)(H,31,35)/t18-,20-,21-/m0/s1. The van der Waals surface area contributed by atoms with Crippen LogP contribution in [0.15, 0.2) is 54.6 Å². The fourth-order valence-electron chi connectivity index (χ4n) is 4.20. The Hall–Kier alpha value is -3.44. The number of benzene rings is 2. The maximum atomic E-state index is 13.5. The van der Waals surface area contributed by atoms with E-state index in [0.29, 0.717) is 30.7 Å². The number of ketones is 1. The summed E-state index contributed by atoms with van der Waals surface area (Å²) < 4.78 is 6.16. The van der Waals surface area contributed by atoms with E-state index < -0.39 is 30.0 Å². The van der Waals surface area contributed by atoms with Gasteiger partial charge < -0.3 is 20.7 Å². The summed E-state index contributed by atoms with van der Waals surface area (Å²) in [5.41, 5.74) is 1.52. The lowest BCUT2D eigenvalue weighted by atomic mass is 9.95. The molecule has 2 heterocycles. The first kappa shape index (κ1) is 27.6. The molecular weight excluding hydrogens is 524 g/mol. The number of nitrogens with one attached hydrogen (secondary N) is 3. The van der Waals surface area contributed by atoms with Crippen molar-refractivity contribution in [1.82, 2.24) is 20.9 Å². The van der Waals surface area contributed by atoms with E-state index in [0.717, 1.165) is 10.3 Å². The number of carbonyl (C=O) groups is 4. The Morgan fingerprint density at radius 2 is 1.87 bits per heavy atom. The van der Waals surface area contributed by atoms with Gasteiger partial charge in [-0.3, -0.25) is 14.4 Å². The highest BCUT2D eigenvalue weighted by Gasteiger charge is 2.34. The number of carbonyl (C=O) groups excluding carboxylic acids is 4. The largest absolute Gasteiger partial charge is 0.445 e. The molecule has 38 heavy (non-hydrogen) atoms. The van der Waals surface area contributed by atoms with Crippen molar-refractivity contribution in [3.63, 3.8) is 0 Å². The average molecular weight is 555 g/mol. The van der Waals surface area contributed by atoms with Gasteiger partial charge in [0.1, 0.15) is 12.6 Å². The number of thiazole rings is 1. The van der Waals surface area contributed by atoms with Crippen LogP contribution < -0.4 is 16.0 Å². The van der Waals surface area contributed by atoms with Crippen LogP contribution in [0.5, 0.6) is 0 Å². The molecule has 0 bridgehead atoms. The minimum atomic E-state index is -0.962. The summed E-state index contributed by atoms with van der Waals surface area (Å²) in [6, 6.07) is 14.8. The molecule has 1 saturated heterocycles. The number of ether oxygens (including phenoxy) is 1. The summed E-state index contributed by atoms with van der Waals surface area (Å²) in [4.78, 5) is 56.2. The van der Waals surface area contributed by atoms with Gasteiger partial charge in [-0.05, 0) is 49.0 Å². The van der Waals surface area contributed by atoms with E-state index in [1.165, 1.54) is 23.1 Å². The van der Waals surface area contributed by atoms with E-state index in [-0.39, 0.29) is 29.7 Å². The zero-order valence-corrected chi connectivity index (χ0v) is 22.6. The monoisotopic (exact) mass is 554 g/mol. The van der Waals surface area contributed by atoms with E-state index in [1.54, 1.807) is 0 Å². The SMILES string of the molecule is CSCC[C@H](NC(=O)OCc1ccccc1)C(=O)N[C@@H](C[C@@H]1CCNC1=O)C(=O)c1nc2ccccc2s1. The molecule has 9 nitrogen and oxygen atoms in total. The second-order valence-electron chi connectivity index (χ2n) is 8.96. The van der Waals surface area contributed by atoms with E-state index >= 15 is 0 Å². The Morgan fingerprint density at radius 1 is 1.11 bits per heavy atom. The second kappa shape index (κ2) is 13.4. The molecule has 0 radical (unpaired) electrons. The van der Waals surface area contributed by atoms with E-state index in [4.69, 9.17) is 4.74 Å². The highest BCUT2D eigenvalue weighted by atomic mass is 32.2. The molecule has 11 heteroatoms. The topological polar surface area (TPSA) is 126 Å². The Bertz CT molecular complexity index is 1250. The molecule has 0 saturated carbocycles. The number of aromatic nitrogens is 1. The number of hydrogen-bond acceptors (Lipinski definition) is 8. The lowest BCUT2D eigenvalue weighted by Crippen LogP contribution is -2.52. The molecule has 1 aromatic heterocycles. The molecule has 4 rings (SSSR count). The molecule has 0 unspecified atom stereocenters. The highest BCUT2D eigenvalue weighted by Crippen LogP contribution is 2.25. The Labute approximate surface area is 229 Å². The summed E-state index contributed by atoms with van der Waals surface area (Å²) in [6.07, 6.45) is 2.26. The Balaban J connectivity index is 1.47. The second-order valence-corrected chi connectivity index (χ2v) is 11.0. The molecule has 0 spiro atoms. The molecule has 1 fully saturated rings. The van der Waals surface area contributed by atoms with Crippen molar-refractivity contribution in [1.29, 1.82) is 0 Å². The van der Waals surface area contributed by atoms with Crippen LogP contribution >= 0.6 is 23.1 Å². The zero-order valence-electron chi connectivity index (χ0n) is 21.0. The van der Waals surface area contributed by atoms with Crippen LogP contribution in [0.3, 0.4) is 0 Å². The van der Waals surface area contributed by atoms with Gasteiger partial charge in [0.2, 0.25) is 17.6 Å². The highest BCUT2D eigenvalue weighted by molar-refractivity contribution is 7.98. The summed E-state index contributed by atoms with van der Waals surface area (Å²) in [5.74, 6) is -0.781. The number of rotatable bonds is 12. The maximum Gasteiger partial charge on any atom is 0.408 e. The molecule has 0 aliphatic carbocycles. The molecule has 1 aliphatic rings. The van der Waals surface area contributed by atoms with Gasteiger partial charge in [-0.25, -0.2) is 9.78 Å². The van der Waals surface area contributed by atoms with Crippen LogP contribution in [-0.2, 0) is 20.9 Å². The summed E-state index contributed by atoms with van der Waals surface area (Å²) in [7, 11) is 0. The van der Waals surface area contributed by atoms with Crippen molar-refractivity contribution in [3.05, 3.63) is 65.2 Å². The molecule has 3 N–H and O–H groups in total. The Kier molecular flexibility index (Phi) is 9.72. The van der Waals surface area contributed by atoms with Crippen LogP contribution in [0.4, 0.5) is 4.79 Å². The number of para-hydroxylation sites is 1. The van der Waals surface area contributed by atoms with Crippen molar-refractivity contribution in [2.24, 2.45) is 5.92 Å². The van der Waals surface area contributed by atoms with E-state index in [2.05, 4.69) is 20.9 Å². The van der Waals surface area contributed by atoms with Crippen LogP contribution in [0.2, 0.25) is 0 Å². The number of Topliss-reactive ketones (excluding diaryl/α,β-unsaturated/α-hetero) is 1. The maximum absolute atomic E-state index is 13.5. The number of fused-ring (bicyclic) bond motifs is 1. The third-order valence-corrected chi connectivity index (χ3v) is 7.95. The molecule has 3 atom stereocenters. The number of thioether (sulfide) groups is 1. The van der Waals surface area contributed by atoms with Crippen molar-refractivity contribution in [2.45, 2.75) is 38.0 Å². The molecular formula is C27H30N4O5S2. The molecule has 3 amide bonds. The predicted molar refractivity (Wildman–Crippen MR) is 148 cm³/mol. The molecule has 1 aliphatic heterocycles. The molecule has 2 aromatic carbocycles. The van der Waals surface area contributed by atoms with Gasteiger partial charge in [-0.15, -0.1) is 11.3 Å². The van der Waals surface area contributed by atoms with Gasteiger partial charge in [-0.2, -0.15) is 11.8 Å². The first-order valence-electron chi connectivity index (χ1n) is 12.4. The normalized spacial score (nSPS) is 16.4. The first-order valence-corrected chi connectivity index (χ1v) is 14.6. The third kappa shape index (κ3) is 7.32. The third-order valence-electron chi connectivity index (χ3n) is 6.25. The number of hydrogen-bond donors (Lipinski definition) is 3. The predicted octanol–water partition coefficient (Wildman–Crippen LogP) is 3.54. The first-order chi connectivity index (χ1) is 18.4. The van der Waals surface area contributed by atoms with Crippen LogP contribution in [-0.4, -0.2) is 59.3 Å². The minimum absolute atomic E-state index is 0.0685. The number of alkyl carbamates (subject to hydrolysis) is 1. The van der Waals surface area contributed by atoms with Crippen LogP contribution in [0.1, 0.15) is 34.6 Å². The van der Waals surface area contributed by atoms with Gasteiger partial charge in [0.25, 0.3) is 0 Å². The lowest BCUT2D eigenvalue weighted by Gasteiger charge is -2.23. The van der Waals surface area contributed by atoms with Crippen LogP contribution in [0, 0.1) is 5.92 Å².